The fraction of sp³-hybridized carbons (Fsp3) is 0.308. The predicted octanol–water partition coefficient (Wildman–Crippen LogP) is 0.993. The number of aromatic nitrogens is 2. The van der Waals surface area contributed by atoms with Crippen LogP contribution in [0.25, 0.3) is 5.65 Å². The van der Waals surface area contributed by atoms with Gasteiger partial charge in [0.1, 0.15) is 5.65 Å². The summed E-state index contributed by atoms with van der Waals surface area (Å²) in [6.07, 6.45) is 0.725. The maximum Gasteiger partial charge on any atom is 0.332 e. The van der Waals surface area contributed by atoms with Crippen molar-refractivity contribution in [2.75, 3.05) is 0 Å². The van der Waals surface area contributed by atoms with Gasteiger partial charge >= 0.3 is 5.97 Å². The van der Waals surface area contributed by atoms with E-state index in [4.69, 9.17) is 9.84 Å². The highest BCUT2D eigenvalue weighted by atomic mass is 16.5. The van der Waals surface area contributed by atoms with Gasteiger partial charge in [-0.05, 0) is 31.5 Å². The summed E-state index contributed by atoms with van der Waals surface area (Å²) in [4.78, 5) is 26.7. The highest BCUT2D eigenvalue weighted by molar-refractivity contribution is 5.71. The van der Waals surface area contributed by atoms with Crippen LogP contribution in [0.4, 0.5) is 0 Å². The Morgan fingerprint density at radius 2 is 2.26 bits per heavy atom. The third-order valence-corrected chi connectivity index (χ3v) is 2.70. The molecule has 0 saturated carbocycles. The number of carboxylic acid groups (broad SMARTS) is 1. The van der Waals surface area contributed by atoms with Crippen LogP contribution in [0.2, 0.25) is 0 Å². The highest BCUT2D eigenvalue weighted by Gasteiger charge is 2.12. The van der Waals surface area contributed by atoms with Crippen LogP contribution in [0, 0.1) is 6.92 Å². The predicted molar refractivity (Wildman–Crippen MR) is 68.1 cm³/mol. The number of ether oxygens (including phenoxy) is 1. The number of hydrogen-bond acceptors (Lipinski definition) is 4. The average molecular weight is 262 g/mol. The molecule has 0 aliphatic carbocycles. The molecular formula is C13H14N2O4. The molecule has 0 radical (unpaired) electrons. The number of pyridine rings is 1. The smallest absolute Gasteiger partial charge is 0.332 e. The van der Waals surface area contributed by atoms with Gasteiger partial charge in [-0.25, -0.2) is 9.78 Å². The highest BCUT2D eigenvalue weighted by Crippen LogP contribution is 2.05. The van der Waals surface area contributed by atoms with Crippen LogP contribution in [0.3, 0.4) is 0 Å². The number of carbonyl (C=O) groups is 1. The van der Waals surface area contributed by atoms with Crippen molar-refractivity contribution in [2.45, 2.75) is 26.6 Å². The van der Waals surface area contributed by atoms with Gasteiger partial charge in [-0.1, -0.05) is 0 Å². The van der Waals surface area contributed by atoms with E-state index in [0.717, 1.165) is 5.56 Å². The monoisotopic (exact) mass is 262 g/mol. The fourth-order valence-electron chi connectivity index (χ4n) is 1.61. The van der Waals surface area contributed by atoms with Crippen molar-refractivity contribution in [1.29, 1.82) is 0 Å². The molecule has 100 valence electrons. The molecule has 2 rings (SSSR count). The Hall–Kier alpha value is -2.21. The van der Waals surface area contributed by atoms with Crippen molar-refractivity contribution in [3.05, 3.63) is 46.0 Å². The molecule has 6 heteroatoms. The van der Waals surface area contributed by atoms with Gasteiger partial charge in [0.15, 0.2) is 6.10 Å². The van der Waals surface area contributed by atoms with E-state index in [1.54, 1.807) is 12.3 Å². The molecule has 0 unspecified atom stereocenters. The van der Waals surface area contributed by atoms with Crippen molar-refractivity contribution in [3.63, 3.8) is 0 Å². The normalized spacial score (nSPS) is 12.5. The Morgan fingerprint density at radius 1 is 1.53 bits per heavy atom. The second kappa shape index (κ2) is 5.19. The van der Waals surface area contributed by atoms with Crippen molar-refractivity contribution in [3.8, 4) is 0 Å². The topological polar surface area (TPSA) is 80.9 Å². The number of fused-ring (bicyclic) bond motifs is 1. The third kappa shape index (κ3) is 2.97. The molecule has 1 atom stereocenters. The molecule has 2 aromatic heterocycles. The third-order valence-electron chi connectivity index (χ3n) is 2.70. The van der Waals surface area contributed by atoms with Gasteiger partial charge in [-0.15, -0.1) is 0 Å². The first kappa shape index (κ1) is 13.2. The summed E-state index contributed by atoms with van der Waals surface area (Å²) in [7, 11) is 0. The van der Waals surface area contributed by atoms with Crippen LogP contribution in [-0.4, -0.2) is 26.6 Å². The maximum absolute atomic E-state index is 11.8. The van der Waals surface area contributed by atoms with Crippen LogP contribution >= 0.6 is 0 Å². The van der Waals surface area contributed by atoms with Gasteiger partial charge in [0.05, 0.1) is 12.3 Å². The Morgan fingerprint density at radius 3 is 2.95 bits per heavy atom. The molecular weight excluding hydrogens is 248 g/mol. The van der Waals surface area contributed by atoms with E-state index < -0.39 is 12.1 Å². The fourth-order valence-corrected chi connectivity index (χ4v) is 1.61. The molecule has 2 heterocycles. The van der Waals surface area contributed by atoms with Crippen molar-refractivity contribution >= 4 is 11.6 Å². The van der Waals surface area contributed by atoms with Gasteiger partial charge in [-0.2, -0.15) is 0 Å². The first-order valence-electron chi connectivity index (χ1n) is 5.81. The van der Waals surface area contributed by atoms with Crippen LogP contribution in [0.1, 0.15) is 18.2 Å². The maximum atomic E-state index is 11.8. The number of rotatable bonds is 4. The van der Waals surface area contributed by atoms with Crippen molar-refractivity contribution < 1.29 is 14.6 Å². The van der Waals surface area contributed by atoms with Crippen molar-refractivity contribution in [2.24, 2.45) is 0 Å². The van der Waals surface area contributed by atoms with E-state index in [0.29, 0.717) is 11.3 Å². The molecule has 0 aliphatic rings. The lowest BCUT2D eigenvalue weighted by Gasteiger charge is -2.08. The lowest BCUT2D eigenvalue weighted by atomic mass is 10.3. The summed E-state index contributed by atoms with van der Waals surface area (Å²) in [5, 5.41) is 8.71. The summed E-state index contributed by atoms with van der Waals surface area (Å²) >= 11 is 0. The molecule has 0 spiro atoms. The quantitative estimate of drug-likeness (QED) is 0.888. The number of carboxylic acids is 1. The largest absolute Gasteiger partial charge is 0.479 e. The Balaban J connectivity index is 2.30. The zero-order valence-corrected chi connectivity index (χ0v) is 10.7. The minimum Gasteiger partial charge on any atom is -0.479 e. The van der Waals surface area contributed by atoms with E-state index in [1.165, 1.54) is 17.4 Å². The second-order valence-electron chi connectivity index (χ2n) is 4.31. The first-order valence-corrected chi connectivity index (χ1v) is 5.81. The molecule has 0 saturated heterocycles. The standard InChI is InChI=1S/C13H14N2O4/c1-8-3-4-15-11(5-8)14-10(6-12(15)16)7-19-9(2)13(17)18/h3-6,9H,7H2,1-2H3,(H,17,18)/t9-/m1/s1. The van der Waals surface area contributed by atoms with Crippen molar-refractivity contribution in [1.82, 2.24) is 9.38 Å². The summed E-state index contributed by atoms with van der Waals surface area (Å²) in [5.74, 6) is -1.05. The minimum atomic E-state index is -1.05. The summed E-state index contributed by atoms with van der Waals surface area (Å²) in [6, 6.07) is 4.95. The summed E-state index contributed by atoms with van der Waals surface area (Å²) < 4.78 is 6.54. The summed E-state index contributed by atoms with van der Waals surface area (Å²) in [6.45, 7) is 3.33. The van der Waals surface area contributed by atoms with Gasteiger partial charge in [0.25, 0.3) is 5.56 Å². The van der Waals surface area contributed by atoms with E-state index in [2.05, 4.69) is 4.98 Å². The molecule has 0 aromatic carbocycles. The first-order chi connectivity index (χ1) is 8.97. The molecule has 0 fully saturated rings. The zero-order chi connectivity index (χ0) is 14.0. The van der Waals surface area contributed by atoms with Crippen LogP contribution in [-0.2, 0) is 16.1 Å². The number of hydrogen-bond donors (Lipinski definition) is 1. The van der Waals surface area contributed by atoms with E-state index in [1.807, 2.05) is 13.0 Å². The van der Waals surface area contributed by atoms with Crippen LogP contribution in [0.15, 0.2) is 29.2 Å². The number of nitrogens with zero attached hydrogens (tertiary/aromatic N) is 2. The van der Waals surface area contributed by atoms with E-state index in [9.17, 15) is 9.59 Å². The zero-order valence-electron chi connectivity index (χ0n) is 10.7. The Kier molecular flexibility index (Phi) is 3.62. The Labute approximate surface area is 109 Å². The van der Waals surface area contributed by atoms with Gasteiger partial charge < -0.3 is 9.84 Å². The molecule has 0 bridgehead atoms. The summed E-state index contributed by atoms with van der Waals surface area (Å²) in [5.41, 5.74) is 1.72. The van der Waals surface area contributed by atoms with Gasteiger partial charge in [-0.3, -0.25) is 9.20 Å². The molecule has 1 N–H and O–H groups in total. The SMILES string of the molecule is Cc1ccn2c(=O)cc(CO[C@H](C)C(=O)O)nc2c1. The molecule has 6 nitrogen and oxygen atoms in total. The van der Waals surface area contributed by atoms with Gasteiger partial charge in [0.2, 0.25) is 0 Å². The second-order valence-corrected chi connectivity index (χ2v) is 4.31. The molecule has 2 aromatic rings. The molecule has 0 aliphatic heterocycles. The minimum absolute atomic E-state index is 0.00680. The van der Waals surface area contributed by atoms with E-state index >= 15 is 0 Å². The lowest BCUT2D eigenvalue weighted by Crippen LogP contribution is -2.21. The van der Waals surface area contributed by atoms with E-state index in [-0.39, 0.29) is 12.2 Å². The van der Waals surface area contributed by atoms with Gasteiger partial charge in [0, 0.05) is 12.3 Å². The molecule has 19 heavy (non-hydrogen) atoms. The number of aliphatic carboxylic acids is 1. The Bertz CT molecular complexity index is 678. The van der Waals surface area contributed by atoms with Crippen LogP contribution < -0.4 is 5.56 Å². The number of aryl methyl sites for hydroxylation is 1. The average Bonchev–Trinajstić information content (AvgIpc) is 2.35. The lowest BCUT2D eigenvalue weighted by molar-refractivity contribution is -0.149. The molecule has 0 amide bonds. The van der Waals surface area contributed by atoms with Crippen LogP contribution in [0.5, 0.6) is 0 Å².